The molecule has 8 heteroatoms. The maximum atomic E-state index is 11.3. The van der Waals surface area contributed by atoms with Crippen molar-refractivity contribution in [3.05, 3.63) is 29.8 Å². The number of carbonyl (C=O) groups excluding carboxylic acids is 1. The Kier molecular flexibility index (Phi) is 5.93. The van der Waals surface area contributed by atoms with Gasteiger partial charge >= 0.3 is 5.97 Å². The Morgan fingerprint density at radius 3 is 2.64 bits per heavy atom. The summed E-state index contributed by atoms with van der Waals surface area (Å²) in [4.78, 5) is 13.5. The molecule has 0 saturated carbocycles. The van der Waals surface area contributed by atoms with Crippen molar-refractivity contribution in [1.82, 2.24) is 14.8 Å². The second kappa shape index (κ2) is 8.35. The van der Waals surface area contributed by atoms with E-state index >= 15 is 0 Å². The molecule has 0 spiro atoms. The lowest BCUT2D eigenvalue weighted by Gasteiger charge is -2.28. The molecule has 1 aromatic heterocycles. The standard InChI is InChI=1S/C17H22N4O3S/c1-13-3-5-14(6-4-13)21-16(20-8-10-24-11-9-20)18-19-17(21)25-12-7-15(22)23-2/h3-6H,7-12H2,1-2H3. The summed E-state index contributed by atoms with van der Waals surface area (Å²) < 4.78 is 12.2. The minimum atomic E-state index is -0.220. The molecule has 1 fully saturated rings. The smallest absolute Gasteiger partial charge is 0.306 e. The molecule has 2 heterocycles. The number of nitrogens with zero attached hydrogens (tertiary/aromatic N) is 4. The summed E-state index contributed by atoms with van der Waals surface area (Å²) >= 11 is 1.51. The highest BCUT2D eigenvalue weighted by Gasteiger charge is 2.21. The summed E-state index contributed by atoms with van der Waals surface area (Å²) in [5.41, 5.74) is 2.21. The lowest BCUT2D eigenvalue weighted by Crippen LogP contribution is -2.37. The first-order chi connectivity index (χ1) is 12.2. The molecule has 0 aliphatic carbocycles. The Hall–Kier alpha value is -2.06. The number of hydrogen-bond acceptors (Lipinski definition) is 7. The number of methoxy groups -OCH3 is 1. The molecule has 7 nitrogen and oxygen atoms in total. The van der Waals surface area contributed by atoms with Crippen LogP contribution >= 0.6 is 11.8 Å². The zero-order valence-corrected chi connectivity index (χ0v) is 15.3. The molecule has 0 radical (unpaired) electrons. The van der Waals surface area contributed by atoms with Crippen LogP contribution in [0.1, 0.15) is 12.0 Å². The predicted octanol–water partition coefficient (Wildman–Crippen LogP) is 2.07. The highest BCUT2D eigenvalue weighted by atomic mass is 32.2. The predicted molar refractivity (Wildman–Crippen MR) is 96.5 cm³/mol. The molecule has 3 rings (SSSR count). The first-order valence-corrected chi connectivity index (χ1v) is 9.22. The minimum Gasteiger partial charge on any atom is -0.469 e. The van der Waals surface area contributed by atoms with Crippen LogP contribution < -0.4 is 4.90 Å². The SMILES string of the molecule is COC(=O)CCSc1nnc(N2CCOCC2)n1-c1ccc(C)cc1. The molecular weight excluding hydrogens is 340 g/mol. The normalized spacial score (nSPS) is 14.6. The van der Waals surface area contributed by atoms with E-state index in [9.17, 15) is 4.79 Å². The fourth-order valence-electron chi connectivity index (χ4n) is 2.57. The number of aromatic nitrogens is 3. The van der Waals surface area contributed by atoms with Gasteiger partial charge in [-0.15, -0.1) is 10.2 Å². The Bertz CT molecular complexity index is 711. The molecule has 0 N–H and O–H groups in total. The fourth-order valence-corrected chi connectivity index (χ4v) is 3.44. The maximum absolute atomic E-state index is 11.3. The van der Waals surface area contributed by atoms with Gasteiger partial charge in [0.05, 0.1) is 32.4 Å². The molecule has 1 aromatic carbocycles. The van der Waals surface area contributed by atoms with Gasteiger partial charge in [0.2, 0.25) is 5.95 Å². The van der Waals surface area contributed by atoms with E-state index < -0.39 is 0 Å². The summed E-state index contributed by atoms with van der Waals surface area (Å²) in [6.07, 6.45) is 0.342. The zero-order valence-electron chi connectivity index (χ0n) is 14.5. The summed E-state index contributed by atoms with van der Waals surface area (Å²) in [5, 5.41) is 9.53. The molecule has 1 aliphatic heterocycles. The van der Waals surface area contributed by atoms with Crippen LogP contribution in [-0.4, -0.2) is 59.9 Å². The quantitative estimate of drug-likeness (QED) is 0.575. The van der Waals surface area contributed by atoms with Gasteiger partial charge in [0.25, 0.3) is 0 Å². The molecule has 1 aliphatic rings. The number of anilines is 1. The number of aryl methyl sites for hydroxylation is 1. The molecule has 1 saturated heterocycles. The number of ether oxygens (including phenoxy) is 2. The number of hydrogen-bond donors (Lipinski definition) is 0. The number of carbonyl (C=O) groups is 1. The summed E-state index contributed by atoms with van der Waals surface area (Å²) in [6.45, 7) is 5.01. The van der Waals surface area contributed by atoms with Crippen molar-refractivity contribution in [3.63, 3.8) is 0 Å². The van der Waals surface area contributed by atoms with E-state index in [1.54, 1.807) is 0 Å². The molecule has 0 amide bonds. The monoisotopic (exact) mass is 362 g/mol. The lowest BCUT2D eigenvalue weighted by molar-refractivity contribution is -0.140. The third-order valence-corrected chi connectivity index (χ3v) is 4.90. The van der Waals surface area contributed by atoms with Crippen molar-refractivity contribution in [3.8, 4) is 5.69 Å². The Morgan fingerprint density at radius 2 is 1.96 bits per heavy atom. The average Bonchev–Trinajstić information content (AvgIpc) is 3.07. The van der Waals surface area contributed by atoms with Gasteiger partial charge in [0.1, 0.15) is 0 Å². The maximum Gasteiger partial charge on any atom is 0.306 e. The molecule has 2 aromatic rings. The molecule has 0 bridgehead atoms. The number of thioether (sulfide) groups is 1. The van der Waals surface area contributed by atoms with E-state index in [0.29, 0.717) is 25.4 Å². The molecular formula is C17H22N4O3S. The van der Waals surface area contributed by atoms with Crippen molar-refractivity contribution in [2.45, 2.75) is 18.5 Å². The van der Waals surface area contributed by atoms with Crippen molar-refractivity contribution in [2.75, 3.05) is 44.1 Å². The van der Waals surface area contributed by atoms with Gasteiger partial charge in [-0.1, -0.05) is 29.5 Å². The number of benzene rings is 1. The van der Waals surface area contributed by atoms with Crippen molar-refractivity contribution >= 4 is 23.7 Å². The molecule has 0 atom stereocenters. The van der Waals surface area contributed by atoms with Crippen LogP contribution in [0.3, 0.4) is 0 Å². The van der Waals surface area contributed by atoms with Crippen LogP contribution in [0.15, 0.2) is 29.4 Å². The van der Waals surface area contributed by atoms with Gasteiger partial charge < -0.3 is 14.4 Å². The van der Waals surface area contributed by atoms with E-state index in [-0.39, 0.29) is 5.97 Å². The van der Waals surface area contributed by atoms with Crippen LogP contribution in [0.5, 0.6) is 0 Å². The van der Waals surface area contributed by atoms with Crippen LogP contribution in [0.25, 0.3) is 5.69 Å². The van der Waals surface area contributed by atoms with E-state index in [1.165, 1.54) is 24.4 Å². The Morgan fingerprint density at radius 1 is 1.24 bits per heavy atom. The number of esters is 1. The van der Waals surface area contributed by atoms with Gasteiger partial charge in [0.15, 0.2) is 5.16 Å². The Labute approximate surface area is 151 Å². The Balaban J connectivity index is 1.87. The van der Waals surface area contributed by atoms with Gasteiger partial charge in [-0.2, -0.15) is 0 Å². The van der Waals surface area contributed by atoms with Crippen LogP contribution in [-0.2, 0) is 14.3 Å². The molecule has 25 heavy (non-hydrogen) atoms. The third-order valence-electron chi connectivity index (χ3n) is 3.97. The zero-order chi connectivity index (χ0) is 17.6. The first kappa shape index (κ1) is 17.8. The average molecular weight is 362 g/mol. The second-order valence-corrected chi connectivity index (χ2v) is 6.79. The van der Waals surface area contributed by atoms with Gasteiger partial charge in [-0.3, -0.25) is 9.36 Å². The largest absolute Gasteiger partial charge is 0.469 e. The first-order valence-electron chi connectivity index (χ1n) is 8.24. The van der Waals surface area contributed by atoms with Gasteiger partial charge in [-0.25, -0.2) is 0 Å². The minimum absolute atomic E-state index is 0.220. The van der Waals surface area contributed by atoms with E-state index in [4.69, 9.17) is 9.47 Å². The summed E-state index contributed by atoms with van der Waals surface area (Å²) in [7, 11) is 1.40. The van der Waals surface area contributed by atoms with Crippen molar-refractivity contribution in [2.24, 2.45) is 0 Å². The number of rotatable bonds is 6. The van der Waals surface area contributed by atoms with Gasteiger partial charge in [-0.05, 0) is 19.1 Å². The molecule has 134 valence electrons. The molecule has 0 unspecified atom stereocenters. The fraction of sp³-hybridized carbons (Fsp3) is 0.471. The number of morpholine rings is 1. The summed E-state index contributed by atoms with van der Waals surface area (Å²) in [6, 6.07) is 8.27. The van der Waals surface area contributed by atoms with E-state index in [0.717, 1.165) is 29.9 Å². The van der Waals surface area contributed by atoms with Crippen molar-refractivity contribution in [1.29, 1.82) is 0 Å². The highest BCUT2D eigenvalue weighted by molar-refractivity contribution is 7.99. The van der Waals surface area contributed by atoms with Gasteiger partial charge in [0, 0.05) is 18.8 Å². The van der Waals surface area contributed by atoms with E-state index in [1.807, 2.05) is 4.57 Å². The van der Waals surface area contributed by atoms with Crippen LogP contribution in [0.4, 0.5) is 5.95 Å². The lowest BCUT2D eigenvalue weighted by atomic mass is 10.2. The van der Waals surface area contributed by atoms with Crippen LogP contribution in [0.2, 0.25) is 0 Å². The third kappa shape index (κ3) is 4.32. The summed E-state index contributed by atoms with van der Waals surface area (Å²) in [5.74, 6) is 1.19. The topological polar surface area (TPSA) is 69.5 Å². The van der Waals surface area contributed by atoms with E-state index in [2.05, 4.69) is 46.3 Å². The second-order valence-electron chi connectivity index (χ2n) is 5.73. The van der Waals surface area contributed by atoms with Crippen molar-refractivity contribution < 1.29 is 14.3 Å². The van der Waals surface area contributed by atoms with Crippen LogP contribution in [0, 0.1) is 6.92 Å². The highest BCUT2D eigenvalue weighted by Crippen LogP contribution is 2.27.